The molecule has 0 saturated heterocycles. The van der Waals surface area contributed by atoms with Crippen LogP contribution in [0.4, 0.5) is 0 Å². The van der Waals surface area contributed by atoms with Crippen molar-refractivity contribution in [1.82, 2.24) is 0 Å². The predicted molar refractivity (Wildman–Crippen MR) is 80.4 cm³/mol. The number of rotatable bonds is 6. The number of benzene rings is 1. The van der Waals surface area contributed by atoms with Crippen molar-refractivity contribution in [3.63, 3.8) is 0 Å². The minimum Gasteiger partial charge on any atom is -0.507 e. The lowest BCUT2D eigenvalue weighted by Crippen LogP contribution is -2.39. The lowest BCUT2D eigenvalue weighted by atomic mass is 9.74. The van der Waals surface area contributed by atoms with Crippen LogP contribution in [-0.2, 0) is 14.7 Å². The van der Waals surface area contributed by atoms with Crippen molar-refractivity contribution >= 4 is 14.0 Å². The van der Waals surface area contributed by atoms with Crippen molar-refractivity contribution in [2.24, 2.45) is 11.8 Å². The molecule has 1 atom stereocenters. The highest BCUT2D eigenvalue weighted by Gasteiger charge is 2.48. The van der Waals surface area contributed by atoms with Crippen molar-refractivity contribution in [2.45, 2.75) is 40.2 Å². The van der Waals surface area contributed by atoms with Crippen molar-refractivity contribution in [2.75, 3.05) is 0 Å². The molecule has 0 fully saturated rings. The molecule has 2 N–H and O–H groups in total. The largest absolute Gasteiger partial charge is 0.695 e. The average molecular weight is 313 g/mol. The van der Waals surface area contributed by atoms with Gasteiger partial charge in [-0.3, -0.25) is 4.79 Å². The fourth-order valence-electron chi connectivity index (χ4n) is 2.79. The normalized spacial score (nSPS) is 12.9. The van der Waals surface area contributed by atoms with E-state index < -0.39 is 13.9 Å². The number of Topliss-reactive ketones (excluding diaryl/α,β-unsaturated/α-hetero) is 1. The van der Waals surface area contributed by atoms with Crippen LogP contribution in [0.1, 0.15) is 50.5 Å². The lowest BCUT2D eigenvalue weighted by molar-refractivity contribution is -0.0285. The molecule has 116 valence electrons. The number of ketones is 1. The fraction of sp³-hybridized carbons (Fsp3) is 0.533. The van der Waals surface area contributed by atoms with Crippen LogP contribution in [0.2, 0.25) is 0 Å². The predicted octanol–water partition coefficient (Wildman–Crippen LogP) is 3.77. The topological polar surface area (TPSA) is 83.8 Å². The van der Waals surface area contributed by atoms with Crippen LogP contribution in [-0.4, -0.2) is 15.8 Å². The summed E-state index contributed by atoms with van der Waals surface area (Å²) in [6.45, 7) is 8.91. The summed E-state index contributed by atoms with van der Waals surface area (Å²) in [5, 5.41) is 9.76. The molecule has 21 heavy (non-hydrogen) atoms. The second-order valence-corrected chi connectivity index (χ2v) is 6.38. The van der Waals surface area contributed by atoms with Crippen LogP contribution in [0, 0.1) is 11.8 Å². The maximum Gasteiger partial charge on any atom is 0.695 e. The molecule has 0 aliphatic rings. The van der Waals surface area contributed by atoms with Gasteiger partial charge in [0.1, 0.15) is 5.75 Å². The number of phenols is 1. The smallest absolute Gasteiger partial charge is 0.507 e. The van der Waals surface area contributed by atoms with Gasteiger partial charge in [-0.2, -0.15) is 0 Å². The average Bonchev–Trinajstić information content (AvgIpc) is 2.35. The molecule has 0 saturated carbocycles. The summed E-state index contributed by atoms with van der Waals surface area (Å²) in [7, 11) is -2.81. The summed E-state index contributed by atoms with van der Waals surface area (Å²) in [4.78, 5) is 20.9. The Hall–Kier alpha value is -1.29. The van der Waals surface area contributed by atoms with E-state index in [1.165, 1.54) is 19.1 Å². The van der Waals surface area contributed by atoms with Crippen LogP contribution >= 0.6 is 8.25 Å². The lowest BCUT2D eigenvalue weighted by Gasteiger charge is -2.36. The van der Waals surface area contributed by atoms with Crippen molar-refractivity contribution in [3.05, 3.63) is 29.3 Å². The first-order chi connectivity index (χ1) is 9.62. The van der Waals surface area contributed by atoms with Crippen LogP contribution in [0.25, 0.3) is 0 Å². The highest BCUT2D eigenvalue weighted by molar-refractivity contribution is 7.32. The van der Waals surface area contributed by atoms with Gasteiger partial charge in [0.15, 0.2) is 11.4 Å². The quantitative estimate of drug-likeness (QED) is 0.617. The first-order valence-corrected chi connectivity index (χ1v) is 7.95. The molecule has 1 aromatic carbocycles. The van der Waals surface area contributed by atoms with Crippen molar-refractivity contribution < 1.29 is 23.9 Å². The summed E-state index contributed by atoms with van der Waals surface area (Å²) in [6.07, 6.45) is 0. The molecule has 0 aliphatic carbocycles. The Balaban J connectivity index is 3.56. The van der Waals surface area contributed by atoms with Crippen LogP contribution < -0.4 is 0 Å². The van der Waals surface area contributed by atoms with Crippen molar-refractivity contribution in [3.8, 4) is 5.75 Å². The molecule has 6 heteroatoms. The number of carbonyl (C=O) groups excluding carboxylic acids is 1. The molecule has 5 nitrogen and oxygen atoms in total. The zero-order chi connectivity index (χ0) is 16.4. The van der Waals surface area contributed by atoms with Crippen LogP contribution in [0.3, 0.4) is 0 Å². The van der Waals surface area contributed by atoms with Gasteiger partial charge in [0.2, 0.25) is 0 Å². The molecule has 0 spiro atoms. The van der Waals surface area contributed by atoms with Gasteiger partial charge in [-0.1, -0.05) is 33.8 Å². The number of hydrogen-bond donors (Lipinski definition) is 2. The molecule has 1 rings (SSSR count). The standard InChI is InChI=1S/C15H21O5P/c1-9(2)15(10(3)4,20-21(18)19)12-6-7-14(17)13(8-12)11(5)16/h6-10H,1-5H3,(H-,16,17,18,19)/p+1. The van der Waals surface area contributed by atoms with Crippen molar-refractivity contribution in [1.29, 1.82) is 0 Å². The second kappa shape index (κ2) is 6.65. The van der Waals surface area contributed by atoms with Gasteiger partial charge in [0.25, 0.3) is 0 Å². The number of aromatic hydroxyl groups is 1. The van der Waals surface area contributed by atoms with E-state index in [4.69, 9.17) is 4.52 Å². The van der Waals surface area contributed by atoms with Gasteiger partial charge in [0.05, 0.1) is 5.56 Å². The molecule has 0 aliphatic heterocycles. The highest BCUT2D eigenvalue weighted by Crippen LogP contribution is 2.46. The van der Waals surface area contributed by atoms with E-state index >= 15 is 0 Å². The highest BCUT2D eigenvalue weighted by atomic mass is 31.1. The van der Waals surface area contributed by atoms with E-state index in [2.05, 4.69) is 0 Å². The van der Waals surface area contributed by atoms with E-state index in [9.17, 15) is 19.4 Å². The van der Waals surface area contributed by atoms with E-state index in [0.29, 0.717) is 5.56 Å². The summed E-state index contributed by atoms with van der Waals surface area (Å²) in [5.41, 5.74) is -0.233. The summed E-state index contributed by atoms with van der Waals surface area (Å²) < 4.78 is 16.7. The Morgan fingerprint density at radius 3 is 2.14 bits per heavy atom. The fourth-order valence-corrected chi connectivity index (χ4v) is 3.57. The first-order valence-electron chi connectivity index (χ1n) is 6.82. The molecule has 0 amide bonds. The maximum absolute atomic E-state index is 11.6. The van der Waals surface area contributed by atoms with Crippen LogP contribution in [0.5, 0.6) is 5.75 Å². The van der Waals surface area contributed by atoms with E-state index in [-0.39, 0.29) is 28.9 Å². The molecule has 0 bridgehead atoms. The third kappa shape index (κ3) is 3.49. The third-order valence-corrected chi connectivity index (χ3v) is 4.23. The monoisotopic (exact) mass is 313 g/mol. The van der Waals surface area contributed by atoms with Gasteiger partial charge < -0.3 is 5.11 Å². The van der Waals surface area contributed by atoms with Gasteiger partial charge in [0, 0.05) is 4.57 Å². The Bertz CT molecular complexity index is 543. The van der Waals surface area contributed by atoms with E-state index in [0.717, 1.165) is 0 Å². The van der Waals surface area contributed by atoms with Gasteiger partial charge in [-0.25, -0.2) is 0 Å². The SMILES string of the molecule is CC(=O)c1cc(C(O[P+](=O)O)(C(C)C)C(C)C)ccc1O. The van der Waals surface area contributed by atoms with Gasteiger partial charge in [-0.15, -0.1) is 9.42 Å². The van der Waals surface area contributed by atoms with Gasteiger partial charge in [-0.05, 0) is 36.5 Å². The van der Waals surface area contributed by atoms with E-state index in [1.54, 1.807) is 6.07 Å². The van der Waals surface area contributed by atoms with Gasteiger partial charge >= 0.3 is 8.25 Å². The zero-order valence-corrected chi connectivity index (χ0v) is 13.8. The number of carbonyl (C=O) groups is 1. The molecular weight excluding hydrogens is 291 g/mol. The number of phenolic OH excluding ortho intramolecular Hbond substituents is 1. The summed E-state index contributed by atoms with van der Waals surface area (Å²) in [6, 6.07) is 4.58. The molecule has 1 unspecified atom stereocenters. The minimum absolute atomic E-state index is 0.104. The van der Waals surface area contributed by atoms with E-state index in [1.807, 2.05) is 27.7 Å². The molecular formula is C15H22O5P+. The Morgan fingerprint density at radius 1 is 1.24 bits per heavy atom. The molecule has 0 heterocycles. The Labute approximate surface area is 125 Å². The second-order valence-electron chi connectivity index (χ2n) is 5.72. The molecule has 1 aromatic rings. The van der Waals surface area contributed by atoms with Crippen LogP contribution in [0.15, 0.2) is 18.2 Å². The number of hydrogen-bond acceptors (Lipinski definition) is 4. The summed E-state index contributed by atoms with van der Waals surface area (Å²) in [5.74, 6) is -0.592. The first kappa shape index (κ1) is 17.8. The minimum atomic E-state index is -2.81. The molecule has 0 radical (unpaired) electrons. The maximum atomic E-state index is 11.6. The Morgan fingerprint density at radius 2 is 1.76 bits per heavy atom. The third-order valence-electron chi connectivity index (χ3n) is 3.77. The zero-order valence-electron chi connectivity index (χ0n) is 13.0. The summed E-state index contributed by atoms with van der Waals surface area (Å²) >= 11 is 0. The Kier molecular flexibility index (Phi) is 5.62. The molecule has 0 aromatic heterocycles.